The zero-order valence-corrected chi connectivity index (χ0v) is 19.6. The Morgan fingerprint density at radius 2 is 1.58 bits per heavy atom. The standard InChI is InChI=1S/C25H29N3O5/c1-16-20(13-14-24(29)33-5)17(2)28(27-16)19-11-9-18(10-12-19)25(30)26-15-21-22(31-3)7-6-8-23(21)32-4/h6-12H,13-15H2,1-5H3,(H,26,30). The maximum absolute atomic E-state index is 12.7. The molecule has 8 nitrogen and oxygen atoms in total. The van der Waals surface area contributed by atoms with E-state index in [2.05, 4.69) is 10.4 Å². The lowest BCUT2D eigenvalue weighted by molar-refractivity contribution is -0.140. The number of hydrogen-bond donors (Lipinski definition) is 1. The molecule has 1 amide bonds. The van der Waals surface area contributed by atoms with Gasteiger partial charge in [0.1, 0.15) is 11.5 Å². The normalized spacial score (nSPS) is 10.6. The van der Waals surface area contributed by atoms with Crippen molar-refractivity contribution in [2.24, 2.45) is 0 Å². The Bertz CT molecular complexity index is 1110. The summed E-state index contributed by atoms with van der Waals surface area (Å²) in [7, 11) is 4.55. The molecule has 0 saturated heterocycles. The molecule has 0 saturated carbocycles. The van der Waals surface area contributed by atoms with Crippen LogP contribution in [0.4, 0.5) is 0 Å². The topological polar surface area (TPSA) is 91.7 Å². The number of esters is 1. The average Bonchev–Trinajstić information content (AvgIpc) is 3.13. The van der Waals surface area contributed by atoms with Crippen molar-refractivity contribution >= 4 is 11.9 Å². The molecule has 3 rings (SSSR count). The molecule has 1 heterocycles. The number of nitrogens with zero attached hydrogens (tertiary/aromatic N) is 2. The van der Waals surface area contributed by atoms with E-state index in [0.29, 0.717) is 29.9 Å². The number of hydrogen-bond acceptors (Lipinski definition) is 6. The fourth-order valence-electron chi connectivity index (χ4n) is 3.74. The zero-order chi connectivity index (χ0) is 24.0. The number of aryl methyl sites for hydroxylation is 1. The van der Waals surface area contributed by atoms with Crippen LogP contribution in [0.25, 0.3) is 5.69 Å². The summed E-state index contributed by atoms with van der Waals surface area (Å²) in [5.74, 6) is 0.847. The van der Waals surface area contributed by atoms with Crippen molar-refractivity contribution in [3.8, 4) is 17.2 Å². The number of carbonyl (C=O) groups excluding carboxylic acids is 2. The average molecular weight is 452 g/mol. The first-order chi connectivity index (χ1) is 15.9. The molecule has 33 heavy (non-hydrogen) atoms. The van der Waals surface area contributed by atoms with E-state index in [4.69, 9.17) is 14.2 Å². The summed E-state index contributed by atoms with van der Waals surface area (Å²) in [6, 6.07) is 12.7. The van der Waals surface area contributed by atoms with Crippen LogP contribution in [0.15, 0.2) is 42.5 Å². The molecule has 0 aliphatic carbocycles. The Kier molecular flexibility index (Phi) is 7.71. The molecule has 0 atom stereocenters. The van der Waals surface area contributed by atoms with E-state index in [-0.39, 0.29) is 18.4 Å². The van der Waals surface area contributed by atoms with Gasteiger partial charge in [-0.15, -0.1) is 0 Å². The molecule has 3 aromatic rings. The minimum atomic E-state index is -0.248. The summed E-state index contributed by atoms with van der Waals surface area (Å²) in [6.45, 7) is 4.16. The summed E-state index contributed by atoms with van der Waals surface area (Å²) in [5.41, 5.74) is 4.98. The van der Waals surface area contributed by atoms with Gasteiger partial charge in [-0.25, -0.2) is 4.68 Å². The Labute approximate surface area is 193 Å². The van der Waals surface area contributed by atoms with Crippen LogP contribution < -0.4 is 14.8 Å². The maximum Gasteiger partial charge on any atom is 0.305 e. The summed E-state index contributed by atoms with van der Waals surface area (Å²) in [6.07, 6.45) is 0.872. The molecule has 0 aliphatic heterocycles. The van der Waals surface area contributed by atoms with Gasteiger partial charge in [0.2, 0.25) is 0 Å². The van der Waals surface area contributed by atoms with Crippen LogP contribution in [-0.2, 0) is 22.5 Å². The van der Waals surface area contributed by atoms with Crippen LogP contribution in [0.5, 0.6) is 11.5 Å². The van der Waals surface area contributed by atoms with Gasteiger partial charge >= 0.3 is 5.97 Å². The first-order valence-electron chi connectivity index (χ1n) is 10.6. The Balaban J connectivity index is 1.72. The van der Waals surface area contributed by atoms with Crippen molar-refractivity contribution in [3.05, 3.63) is 70.5 Å². The molecular weight excluding hydrogens is 422 g/mol. The lowest BCUT2D eigenvalue weighted by Crippen LogP contribution is -2.23. The summed E-state index contributed by atoms with van der Waals surface area (Å²) < 4.78 is 17.3. The Morgan fingerprint density at radius 1 is 0.939 bits per heavy atom. The van der Waals surface area contributed by atoms with Crippen molar-refractivity contribution in [3.63, 3.8) is 0 Å². The Hall–Kier alpha value is -3.81. The fourth-order valence-corrected chi connectivity index (χ4v) is 3.74. The van der Waals surface area contributed by atoms with Gasteiger partial charge in [0.25, 0.3) is 5.91 Å². The number of benzene rings is 2. The molecule has 0 spiro atoms. The second kappa shape index (κ2) is 10.7. The number of aromatic nitrogens is 2. The highest BCUT2D eigenvalue weighted by molar-refractivity contribution is 5.94. The van der Waals surface area contributed by atoms with Gasteiger partial charge in [-0.2, -0.15) is 5.10 Å². The van der Waals surface area contributed by atoms with Crippen molar-refractivity contribution in [2.75, 3.05) is 21.3 Å². The third kappa shape index (κ3) is 5.34. The molecule has 1 N–H and O–H groups in total. The smallest absolute Gasteiger partial charge is 0.305 e. The summed E-state index contributed by atoms with van der Waals surface area (Å²) in [4.78, 5) is 24.2. The van der Waals surface area contributed by atoms with Gasteiger partial charge < -0.3 is 19.5 Å². The number of amides is 1. The predicted molar refractivity (Wildman–Crippen MR) is 124 cm³/mol. The molecule has 0 radical (unpaired) electrons. The highest BCUT2D eigenvalue weighted by Gasteiger charge is 2.16. The van der Waals surface area contributed by atoms with Crippen LogP contribution in [0.2, 0.25) is 0 Å². The fraction of sp³-hybridized carbons (Fsp3) is 0.320. The van der Waals surface area contributed by atoms with E-state index in [9.17, 15) is 9.59 Å². The minimum absolute atomic E-state index is 0.207. The Morgan fingerprint density at radius 3 is 2.15 bits per heavy atom. The first kappa shape index (κ1) is 23.8. The van der Waals surface area contributed by atoms with Crippen molar-refractivity contribution in [1.29, 1.82) is 0 Å². The van der Waals surface area contributed by atoms with Gasteiger partial charge in [0, 0.05) is 17.7 Å². The van der Waals surface area contributed by atoms with Gasteiger partial charge in [-0.1, -0.05) is 6.07 Å². The lowest BCUT2D eigenvalue weighted by Gasteiger charge is -2.14. The van der Waals surface area contributed by atoms with E-state index in [1.807, 2.05) is 48.9 Å². The highest BCUT2D eigenvalue weighted by Crippen LogP contribution is 2.28. The SMILES string of the molecule is COC(=O)CCc1c(C)nn(-c2ccc(C(=O)NCc3c(OC)cccc3OC)cc2)c1C. The predicted octanol–water partition coefficient (Wildman–Crippen LogP) is 3.54. The number of carbonyl (C=O) groups is 2. The second-order valence-corrected chi connectivity index (χ2v) is 7.51. The minimum Gasteiger partial charge on any atom is -0.496 e. The summed E-state index contributed by atoms with van der Waals surface area (Å²) >= 11 is 0. The monoisotopic (exact) mass is 451 g/mol. The molecule has 1 aromatic heterocycles. The molecule has 2 aromatic carbocycles. The molecule has 0 fully saturated rings. The van der Waals surface area contributed by atoms with E-state index in [0.717, 1.165) is 28.2 Å². The van der Waals surface area contributed by atoms with Crippen LogP contribution in [0.1, 0.15) is 39.3 Å². The first-order valence-corrected chi connectivity index (χ1v) is 10.6. The third-order valence-electron chi connectivity index (χ3n) is 5.58. The second-order valence-electron chi connectivity index (χ2n) is 7.51. The summed E-state index contributed by atoms with van der Waals surface area (Å²) in [5, 5.41) is 7.53. The van der Waals surface area contributed by atoms with E-state index >= 15 is 0 Å². The molecule has 8 heteroatoms. The molecular formula is C25H29N3O5. The van der Waals surface area contributed by atoms with E-state index in [1.165, 1.54) is 7.11 Å². The van der Waals surface area contributed by atoms with E-state index < -0.39 is 0 Å². The van der Waals surface area contributed by atoms with Crippen LogP contribution in [0, 0.1) is 13.8 Å². The van der Waals surface area contributed by atoms with Gasteiger partial charge in [0.15, 0.2) is 0 Å². The molecule has 0 bridgehead atoms. The molecule has 0 unspecified atom stereocenters. The van der Waals surface area contributed by atoms with Crippen LogP contribution in [-0.4, -0.2) is 43.0 Å². The van der Waals surface area contributed by atoms with E-state index in [1.54, 1.807) is 26.4 Å². The van der Waals surface area contributed by atoms with Crippen LogP contribution >= 0.6 is 0 Å². The number of methoxy groups -OCH3 is 3. The van der Waals surface area contributed by atoms with Crippen molar-refractivity contribution in [1.82, 2.24) is 15.1 Å². The van der Waals surface area contributed by atoms with Gasteiger partial charge in [-0.3, -0.25) is 9.59 Å². The van der Waals surface area contributed by atoms with Crippen molar-refractivity contribution in [2.45, 2.75) is 33.2 Å². The highest BCUT2D eigenvalue weighted by atomic mass is 16.5. The quantitative estimate of drug-likeness (QED) is 0.501. The molecule has 174 valence electrons. The number of nitrogens with one attached hydrogen (secondary N) is 1. The number of rotatable bonds is 9. The molecule has 0 aliphatic rings. The van der Waals surface area contributed by atoms with Gasteiger partial charge in [0.05, 0.1) is 44.8 Å². The van der Waals surface area contributed by atoms with Gasteiger partial charge in [-0.05, 0) is 62.2 Å². The van der Waals surface area contributed by atoms with Crippen LogP contribution in [0.3, 0.4) is 0 Å². The lowest BCUT2D eigenvalue weighted by atomic mass is 10.1. The van der Waals surface area contributed by atoms with Crippen molar-refractivity contribution < 1.29 is 23.8 Å². The third-order valence-corrected chi connectivity index (χ3v) is 5.58. The maximum atomic E-state index is 12.7. The zero-order valence-electron chi connectivity index (χ0n) is 19.6. The number of ether oxygens (including phenoxy) is 3. The largest absolute Gasteiger partial charge is 0.496 e.